The maximum absolute atomic E-state index is 12.0. The van der Waals surface area contributed by atoms with E-state index in [0.29, 0.717) is 60.9 Å². The number of rotatable bonds is 29. The van der Waals surface area contributed by atoms with Crippen molar-refractivity contribution in [3.63, 3.8) is 0 Å². The average molecular weight is 1610 g/mol. The highest BCUT2D eigenvalue weighted by molar-refractivity contribution is 14.0. The molecule has 0 aromatic heterocycles. The second-order valence-electron chi connectivity index (χ2n) is 31.2. The van der Waals surface area contributed by atoms with E-state index in [1.807, 2.05) is 13.0 Å². The summed E-state index contributed by atoms with van der Waals surface area (Å²) in [6.07, 6.45) is 6.26. The van der Waals surface area contributed by atoms with Gasteiger partial charge in [0.05, 0.1) is 6.61 Å². The molecular formula is C103H120IN3O5. The monoisotopic (exact) mass is 1610 g/mol. The van der Waals surface area contributed by atoms with E-state index in [0.717, 1.165) is 124 Å². The lowest BCUT2D eigenvalue weighted by molar-refractivity contribution is 0.118. The fraction of sp³-hybridized carbons (Fsp3) is 0.301. The number of benzene rings is 12. The molecule has 0 radical (unpaired) electrons. The Hall–Kier alpha value is -9.91. The van der Waals surface area contributed by atoms with Gasteiger partial charge in [0.1, 0.15) is 17.2 Å². The minimum absolute atomic E-state index is 0. The lowest BCUT2D eigenvalue weighted by Crippen LogP contribution is -2.10. The third-order valence-corrected chi connectivity index (χ3v) is 21.3. The maximum atomic E-state index is 12.0. The van der Waals surface area contributed by atoms with Crippen molar-refractivity contribution in [3.8, 4) is 17.2 Å². The van der Waals surface area contributed by atoms with Gasteiger partial charge in [-0.1, -0.05) is 202 Å². The van der Waals surface area contributed by atoms with Crippen molar-refractivity contribution < 1.29 is 24.8 Å². The first-order chi connectivity index (χ1) is 53.4. The van der Waals surface area contributed by atoms with Crippen LogP contribution in [0.25, 0.3) is 0 Å². The number of anilines is 9. The van der Waals surface area contributed by atoms with E-state index < -0.39 is 0 Å². The molecule has 0 atom stereocenters. The van der Waals surface area contributed by atoms with E-state index in [1.54, 1.807) is 24.3 Å². The van der Waals surface area contributed by atoms with Gasteiger partial charge < -0.3 is 39.5 Å². The summed E-state index contributed by atoms with van der Waals surface area (Å²) in [6.45, 7) is 38.0. The molecule has 0 aliphatic heterocycles. The lowest BCUT2D eigenvalue weighted by Gasteiger charge is -2.27. The van der Waals surface area contributed by atoms with Crippen LogP contribution in [0.15, 0.2) is 255 Å². The van der Waals surface area contributed by atoms with Gasteiger partial charge in [0.25, 0.3) is 0 Å². The second kappa shape index (κ2) is 41.6. The molecular weight excluding hydrogens is 1490 g/mol. The number of aromatic hydroxyl groups is 3. The topological polar surface area (TPSA) is 88.9 Å². The fourth-order valence-electron chi connectivity index (χ4n) is 13.9. The molecule has 0 unspecified atom stereocenters. The van der Waals surface area contributed by atoms with Crippen molar-refractivity contribution in [2.45, 2.75) is 186 Å². The SMILES string of the molecule is CCCCOCc1ccc(N(c2ccc(CCCOCC)cc2)c2ccc(C)c(C)c2)cc1.Cc1ccc(N(c2ccc(Cc3cc(C(C)C)cc(Cc4ccc(N(c5ccc(C(C)C)cc5)c5ccc(C)c(C)c5)cc4)c3O)cc2)c2ccc(Cc3cc(C(C)C)cc(C(C)C)c3O)cc2)cc1C.I.Oc1ccccc1. The van der Waals surface area contributed by atoms with Crippen molar-refractivity contribution in [1.82, 2.24) is 0 Å². The van der Waals surface area contributed by atoms with Gasteiger partial charge in [-0.15, -0.1) is 24.0 Å². The summed E-state index contributed by atoms with van der Waals surface area (Å²) in [5.41, 5.74) is 31.3. The molecule has 584 valence electrons. The molecule has 0 saturated carbocycles. The van der Waals surface area contributed by atoms with Gasteiger partial charge in [-0.25, -0.2) is 0 Å². The predicted molar refractivity (Wildman–Crippen MR) is 486 cm³/mol. The van der Waals surface area contributed by atoms with E-state index in [4.69, 9.17) is 14.6 Å². The number of hydrogen-bond donors (Lipinski definition) is 3. The Bertz CT molecular complexity index is 4860. The Morgan fingerprint density at radius 3 is 0.964 bits per heavy atom. The quantitative estimate of drug-likeness (QED) is 0.0316. The lowest BCUT2D eigenvalue weighted by atomic mass is 9.90. The average Bonchev–Trinajstić information content (AvgIpc) is 0.809. The zero-order valence-electron chi connectivity index (χ0n) is 69.2. The first kappa shape index (κ1) is 86.1. The van der Waals surface area contributed by atoms with Gasteiger partial charge in [-0.3, -0.25) is 0 Å². The molecule has 0 aliphatic carbocycles. The third kappa shape index (κ3) is 23.4. The molecule has 0 spiro atoms. The van der Waals surface area contributed by atoms with Crippen LogP contribution in [0.1, 0.15) is 212 Å². The highest BCUT2D eigenvalue weighted by atomic mass is 127. The fourth-order valence-corrected chi connectivity index (χ4v) is 13.9. The van der Waals surface area contributed by atoms with Crippen molar-refractivity contribution in [2.24, 2.45) is 0 Å². The van der Waals surface area contributed by atoms with Crippen LogP contribution in [0.5, 0.6) is 17.2 Å². The van der Waals surface area contributed by atoms with Crippen LogP contribution < -0.4 is 14.7 Å². The summed E-state index contributed by atoms with van der Waals surface area (Å²) in [4.78, 5) is 6.98. The molecule has 0 bridgehead atoms. The van der Waals surface area contributed by atoms with Gasteiger partial charge in [-0.2, -0.15) is 0 Å². The molecule has 0 amide bonds. The normalized spacial score (nSPS) is 11.1. The Balaban J connectivity index is 0.000000289. The molecule has 12 rings (SSSR count). The number of ether oxygens (including phenoxy) is 2. The van der Waals surface area contributed by atoms with Crippen LogP contribution in [0.4, 0.5) is 51.2 Å². The molecule has 0 aliphatic rings. The molecule has 0 heterocycles. The molecule has 8 nitrogen and oxygen atoms in total. The number of para-hydroxylation sites is 1. The van der Waals surface area contributed by atoms with Crippen molar-refractivity contribution in [1.29, 1.82) is 0 Å². The number of halogens is 1. The first-order valence-electron chi connectivity index (χ1n) is 40.2. The highest BCUT2D eigenvalue weighted by Crippen LogP contribution is 2.42. The second-order valence-corrected chi connectivity index (χ2v) is 31.2. The number of nitrogens with zero attached hydrogens (tertiary/aromatic N) is 3. The molecule has 0 fully saturated rings. The summed E-state index contributed by atoms with van der Waals surface area (Å²) in [5.74, 6) is 2.48. The molecule has 12 aromatic carbocycles. The molecule has 9 heteroatoms. The number of aryl methyl sites for hydroxylation is 7. The van der Waals surface area contributed by atoms with E-state index in [2.05, 4.69) is 343 Å². The van der Waals surface area contributed by atoms with Crippen LogP contribution in [0.3, 0.4) is 0 Å². The van der Waals surface area contributed by atoms with Gasteiger partial charge >= 0.3 is 0 Å². The summed E-state index contributed by atoms with van der Waals surface area (Å²) in [5, 5.41) is 32.0. The zero-order valence-corrected chi connectivity index (χ0v) is 71.6. The van der Waals surface area contributed by atoms with E-state index >= 15 is 0 Å². The largest absolute Gasteiger partial charge is 0.508 e. The standard InChI is InChI=1S/C67H74N2O2.C30H39NO2.C6H6O.HI/c1-42(2)53-21-31-62(32-22-53)69(64-24-14-47(10)49(12)34-64)61-27-17-51(18-28-61)36-57-39-54(43(3)4)38-56(66(57)70)35-50-15-25-59(26-16-50)68(63-23-13-46(9)48(11)33-63)60-29-19-52(20-30-60)37-58-40-55(44(5)6)41-65(45(7)8)67(58)71;1-5-7-20-33-23-27-13-18-29(19-14-27)31(30-15-10-24(3)25(4)22-30)28-16-11-26(12-17-28)9-8-21-32-6-2;7-6-4-2-1-3-5-6;/h13-34,38-45,70-71H,35-37H2,1-12H3;10-19,22H,5-9,20-21,23H2,1-4H3;1-5,7H;1H. The van der Waals surface area contributed by atoms with Crippen LogP contribution >= 0.6 is 24.0 Å². The van der Waals surface area contributed by atoms with Gasteiger partial charge in [-0.05, 0) is 313 Å². The van der Waals surface area contributed by atoms with Gasteiger partial charge in [0.2, 0.25) is 0 Å². The van der Waals surface area contributed by atoms with Gasteiger partial charge in [0.15, 0.2) is 0 Å². The third-order valence-electron chi connectivity index (χ3n) is 21.3. The number of phenolic OH excluding ortho intramolecular Hbond substituents is 3. The summed E-state index contributed by atoms with van der Waals surface area (Å²) >= 11 is 0. The van der Waals surface area contributed by atoms with E-state index in [1.165, 1.54) is 72.6 Å². The van der Waals surface area contributed by atoms with Crippen LogP contribution in [-0.2, 0) is 41.8 Å². The Kier molecular flexibility index (Phi) is 31.9. The van der Waals surface area contributed by atoms with Crippen molar-refractivity contribution in [3.05, 3.63) is 355 Å². The molecule has 3 N–H and O–H groups in total. The van der Waals surface area contributed by atoms with Crippen LogP contribution in [0.2, 0.25) is 0 Å². The summed E-state index contributed by atoms with van der Waals surface area (Å²) in [7, 11) is 0. The minimum Gasteiger partial charge on any atom is -0.508 e. The van der Waals surface area contributed by atoms with Crippen molar-refractivity contribution in [2.75, 3.05) is 34.5 Å². The molecule has 0 saturated heterocycles. The Labute approximate surface area is 687 Å². The highest BCUT2D eigenvalue weighted by Gasteiger charge is 2.22. The number of hydrogen-bond acceptors (Lipinski definition) is 8. The van der Waals surface area contributed by atoms with E-state index in [-0.39, 0.29) is 29.9 Å². The maximum Gasteiger partial charge on any atom is 0.122 e. The summed E-state index contributed by atoms with van der Waals surface area (Å²) < 4.78 is 11.3. The van der Waals surface area contributed by atoms with Crippen molar-refractivity contribution >= 4 is 75.2 Å². The predicted octanol–water partition coefficient (Wildman–Crippen LogP) is 28.6. The number of unbranched alkanes of at least 4 members (excludes halogenated alkanes) is 1. The number of phenols is 3. The zero-order chi connectivity index (χ0) is 79.3. The first-order valence-corrected chi connectivity index (χ1v) is 40.2. The summed E-state index contributed by atoms with van der Waals surface area (Å²) in [6, 6.07) is 90.5. The van der Waals surface area contributed by atoms with E-state index in [9.17, 15) is 10.2 Å². The Morgan fingerprint density at radius 1 is 0.304 bits per heavy atom. The van der Waals surface area contributed by atoms with Crippen LogP contribution in [0, 0.1) is 41.5 Å². The minimum atomic E-state index is 0. The van der Waals surface area contributed by atoms with Gasteiger partial charge in [0, 0.05) is 90.3 Å². The molecule has 112 heavy (non-hydrogen) atoms. The smallest absolute Gasteiger partial charge is 0.122 e. The molecule has 12 aromatic rings. The van der Waals surface area contributed by atoms with Crippen LogP contribution in [-0.4, -0.2) is 35.1 Å². The Morgan fingerprint density at radius 2 is 0.634 bits per heavy atom.